The van der Waals surface area contributed by atoms with E-state index in [9.17, 15) is 0 Å². The second-order valence-corrected chi connectivity index (χ2v) is 4.72. The van der Waals surface area contributed by atoms with Gasteiger partial charge in [0.2, 0.25) is 0 Å². The largest absolute Gasteiger partial charge is 0.190 e. The Morgan fingerprint density at radius 2 is 2.14 bits per heavy atom. The van der Waals surface area contributed by atoms with Crippen LogP contribution in [0.2, 0.25) is 0 Å². The van der Waals surface area contributed by atoms with E-state index in [1.54, 1.807) is 0 Å². The van der Waals surface area contributed by atoms with Gasteiger partial charge in [0.25, 0.3) is 0 Å². The van der Waals surface area contributed by atoms with Gasteiger partial charge in [0.1, 0.15) is 0 Å². The van der Waals surface area contributed by atoms with Crippen molar-refractivity contribution in [2.75, 3.05) is 0 Å². The normalized spacial score (nSPS) is 45.1. The summed E-state index contributed by atoms with van der Waals surface area (Å²) in [5.41, 5.74) is 1.31. The molecule has 0 aromatic heterocycles. The first-order valence-electron chi connectivity index (χ1n) is 5.29. The molecule has 0 N–H and O–H groups in total. The molecule has 2 heteroatoms. The molecule has 0 spiro atoms. The Labute approximate surface area is 85.8 Å². The van der Waals surface area contributed by atoms with E-state index in [1.165, 1.54) is 5.57 Å². The highest BCUT2D eigenvalue weighted by Gasteiger charge is 2.50. The number of hydrogen-bond acceptors (Lipinski definition) is 2. The van der Waals surface area contributed by atoms with Crippen molar-refractivity contribution < 1.29 is 0 Å². The van der Waals surface area contributed by atoms with Crippen molar-refractivity contribution in [2.24, 2.45) is 21.6 Å². The molecule has 2 bridgehead atoms. The average molecular weight is 190 g/mol. The van der Waals surface area contributed by atoms with Crippen LogP contribution < -0.4 is 0 Å². The summed E-state index contributed by atoms with van der Waals surface area (Å²) in [6, 6.07) is 0.673. The molecule has 0 radical (unpaired) electrons. The number of azo groups is 1. The second-order valence-electron chi connectivity index (χ2n) is 4.72. The van der Waals surface area contributed by atoms with Crippen molar-refractivity contribution in [1.29, 1.82) is 0 Å². The van der Waals surface area contributed by atoms with Crippen LogP contribution in [-0.2, 0) is 0 Å². The van der Waals surface area contributed by atoms with E-state index < -0.39 is 0 Å². The molecule has 3 aliphatic rings. The summed E-state index contributed by atoms with van der Waals surface area (Å²) >= 11 is 0. The predicted octanol–water partition coefficient (Wildman–Crippen LogP) is 3.37. The highest BCUT2D eigenvalue weighted by Crippen LogP contribution is 2.51. The van der Waals surface area contributed by atoms with E-state index in [0.29, 0.717) is 18.0 Å². The van der Waals surface area contributed by atoms with Crippen LogP contribution in [0.5, 0.6) is 0 Å². The Balaban J connectivity index is 2.45. The first kappa shape index (κ1) is 9.63. The Morgan fingerprint density at radius 3 is 2.50 bits per heavy atom. The molecular formula is C12H18N2. The van der Waals surface area contributed by atoms with Gasteiger partial charge in [-0.15, -0.1) is 6.58 Å². The third-order valence-electron chi connectivity index (χ3n) is 4.06. The molecule has 3 rings (SSSR count). The lowest BCUT2D eigenvalue weighted by Gasteiger charge is -2.50. The van der Waals surface area contributed by atoms with Crippen LogP contribution in [0, 0.1) is 11.3 Å². The average Bonchev–Trinajstić information content (AvgIpc) is 2.19. The summed E-state index contributed by atoms with van der Waals surface area (Å²) in [6.07, 6.45) is 4.36. The minimum Gasteiger partial charge on any atom is -0.190 e. The summed E-state index contributed by atoms with van der Waals surface area (Å²) in [6.45, 7) is 12.4. The van der Waals surface area contributed by atoms with Crippen molar-refractivity contribution in [3.8, 4) is 0 Å². The van der Waals surface area contributed by atoms with Crippen molar-refractivity contribution >= 4 is 0 Å². The van der Waals surface area contributed by atoms with Crippen LogP contribution in [0.15, 0.2) is 35.0 Å². The third-order valence-corrected chi connectivity index (χ3v) is 4.06. The molecule has 0 aromatic carbocycles. The molecule has 0 saturated heterocycles. The van der Waals surface area contributed by atoms with E-state index in [4.69, 9.17) is 0 Å². The smallest absolute Gasteiger partial charge is 0.0805 e. The molecule has 0 aromatic rings. The Bertz CT molecular complexity index is 305. The van der Waals surface area contributed by atoms with Crippen LogP contribution in [0.3, 0.4) is 0 Å². The van der Waals surface area contributed by atoms with E-state index in [2.05, 4.69) is 37.2 Å². The summed E-state index contributed by atoms with van der Waals surface area (Å²) in [5.74, 6) is 0.427. The SMILES string of the molecule is C=C[C@H]1[C@H]2CC[C@H](N=N2)[C@]1(C)C(=C)C. The third kappa shape index (κ3) is 1.03. The second kappa shape index (κ2) is 3.04. The van der Waals surface area contributed by atoms with Gasteiger partial charge in [-0.25, -0.2) is 0 Å². The maximum absolute atomic E-state index is 4.39. The minimum absolute atomic E-state index is 0.0897. The number of rotatable bonds is 2. The molecule has 1 fully saturated rings. The van der Waals surface area contributed by atoms with Gasteiger partial charge < -0.3 is 0 Å². The first-order chi connectivity index (χ1) is 6.60. The zero-order chi connectivity index (χ0) is 10.3. The highest BCUT2D eigenvalue weighted by atomic mass is 15.2. The van der Waals surface area contributed by atoms with Gasteiger partial charge >= 0.3 is 0 Å². The van der Waals surface area contributed by atoms with Crippen LogP contribution in [-0.4, -0.2) is 12.1 Å². The monoisotopic (exact) mass is 190 g/mol. The van der Waals surface area contributed by atoms with E-state index in [0.717, 1.165) is 12.8 Å². The number of hydrogen-bond donors (Lipinski definition) is 0. The Morgan fingerprint density at radius 1 is 1.43 bits per heavy atom. The summed E-state index contributed by atoms with van der Waals surface area (Å²) in [5, 5.41) is 8.73. The van der Waals surface area contributed by atoms with Gasteiger partial charge in [-0.2, -0.15) is 10.2 Å². The molecule has 2 aliphatic heterocycles. The zero-order valence-electron chi connectivity index (χ0n) is 9.03. The van der Waals surface area contributed by atoms with Crippen molar-refractivity contribution in [3.63, 3.8) is 0 Å². The minimum atomic E-state index is 0.0897. The van der Waals surface area contributed by atoms with E-state index in [1.807, 2.05) is 6.08 Å². The Hall–Kier alpha value is -0.920. The van der Waals surface area contributed by atoms with Crippen LogP contribution in [0.1, 0.15) is 26.7 Å². The van der Waals surface area contributed by atoms with Crippen LogP contribution >= 0.6 is 0 Å². The maximum atomic E-state index is 4.39. The van der Waals surface area contributed by atoms with Gasteiger partial charge in [0.05, 0.1) is 12.1 Å². The van der Waals surface area contributed by atoms with Gasteiger partial charge in [0, 0.05) is 11.3 Å². The fraction of sp³-hybridized carbons (Fsp3) is 0.667. The lowest BCUT2D eigenvalue weighted by molar-refractivity contribution is 0.104. The molecule has 0 unspecified atom stereocenters. The predicted molar refractivity (Wildman–Crippen MR) is 58.3 cm³/mol. The molecular weight excluding hydrogens is 172 g/mol. The topological polar surface area (TPSA) is 24.7 Å². The van der Waals surface area contributed by atoms with Crippen molar-refractivity contribution in [1.82, 2.24) is 0 Å². The summed E-state index contributed by atoms with van der Waals surface area (Å²) in [4.78, 5) is 0. The van der Waals surface area contributed by atoms with E-state index >= 15 is 0 Å². The maximum Gasteiger partial charge on any atom is 0.0805 e. The highest BCUT2D eigenvalue weighted by molar-refractivity contribution is 5.22. The molecule has 14 heavy (non-hydrogen) atoms. The fourth-order valence-corrected chi connectivity index (χ4v) is 2.87. The molecule has 1 aliphatic carbocycles. The zero-order valence-corrected chi connectivity index (χ0v) is 9.03. The van der Waals surface area contributed by atoms with E-state index in [-0.39, 0.29) is 5.41 Å². The molecule has 0 amide bonds. The van der Waals surface area contributed by atoms with Crippen LogP contribution in [0.25, 0.3) is 0 Å². The van der Waals surface area contributed by atoms with Gasteiger partial charge in [-0.05, 0) is 19.8 Å². The summed E-state index contributed by atoms with van der Waals surface area (Å²) in [7, 11) is 0. The van der Waals surface area contributed by atoms with Gasteiger partial charge in [0.15, 0.2) is 0 Å². The standard InChI is InChI=1S/C12H18N2/c1-5-9-10-6-7-11(14-13-10)12(9,4)8(2)3/h5,9-11H,1-2,6-7H2,3-4H3/t9-,10+,11-,12+/m0/s1. The number of fused-ring (bicyclic) bond motifs is 2. The van der Waals surface area contributed by atoms with Crippen molar-refractivity contribution in [2.45, 2.75) is 38.8 Å². The fourth-order valence-electron chi connectivity index (χ4n) is 2.87. The van der Waals surface area contributed by atoms with Gasteiger partial charge in [-0.1, -0.05) is 25.2 Å². The molecule has 76 valence electrons. The number of nitrogens with zero attached hydrogens (tertiary/aromatic N) is 2. The first-order valence-corrected chi connectivity index (χ1v) is 5.29. The Kier molecular flexibility index (Phi) is 2.09. The van der Waals surface area contributed by atoms with Crippen molar-refractivity contribution in [3.05, 3.63) is 24.8 Å². The lowest BCUT2D eigenvalue weighted by atomic mass is 9.59. The molecule has 1 saturated carbocycles. The lowest BCUT2D eigenvalue weighted by Crippen LogP contribution is -2.50. The molecule has 2 heterocycles. The quantitative estimate of drug-likeness (QED) is 0.596. The van der Waals surface area contributed by atoms with Crippen LogP contribution in [0.4, 0.5) is 0 Å². The molecule has 2 nitrogen and oxygen atoms in total. The summed E-state index contributed by atoms with van der Waals surface area (Å²) < 4.78 is 0. The molecule has 4 atom stereocenters. The van der Waals surface area contributed by atoms with Gasteiger partial charge in [-0.3, -0.25) is 0 Å².